The van der Waals surface area contributed by atoms with E-state index < -0.39 is 0 Å². The van der Waals surface area contributed by atoms with E-state index in [1.807, 2.05) is 0 Å². The van der Waals surface area contributed by atoms with Gasteiger partial charge in [0, 0.05) is 0 Å². The molecule has 2 N–H and O–H groups in total. The molecule has 0 aromatic carbocycles. The minimum atomic E-state index is -0.114. The maximum absolute atomic E-state index is 10.4. The van der Waals surface area contributed by atoms with Gasteiger partial charge in [0.1, 0.15) is 0 Å². The number of carbonyl (C=O) groups is 2. The van der Waals surface area contributed by atoms with Crippen LogP contribution in [0.15, 0.2) is 0 Å². The van der Waals surface area contributed by atoms with Gasteiger partial charge in [-0.3, -0.25) is 0 Å². The minimum absolute atomic E-state index is 0.114. The molecule has 0 unspecified atom stereocenters. The Morgan fingerprint density at radius 2 is 1.23 bits per heavy atom. The van der Waals surface area contributed by atoms with Gasteiger partial charge in [0.25, 0.3) is 0 Å². The van der Waals surface area contributed by atoms with E-state index in [2.05, 4.69) is 42.7 Å². The molecule has 0 saturated heterocycles. The molecule has 0 bridgehead atoms. The standard InChI is InChI=1S/C7H12N2O2Se2/c10-6(12)8-4-2-1-3-5-9-7(11)13/h1-5H2,(H,8,10)(H,9,11). The van der Waals surface area contributed by atoms with Crippen LogP contribution >= 0.6 is 0 Å². The first-order valence-corrected chi connectivity index (χ1v) is 5.74. The number of amides is 2. The molecule has 2 amide bonds. The van der Waals surface area contributed by atoms with Gasteiger partial charge in [-0.25, -0.2) is 0 Å². The first kappa shape index (κ1) is 13.0. The summed E-state index contributed by atoms with van der Waals surface area (Å²) < 4.78 is 0. The molecule has 0 atom stereocenters. The Morgan fingerprint density at radius 1 is 0.846 bits per heavy atom. The molecule has 0 rings (SSSR count). The molecule has 0 fully saturated rings. The van der Waals surface area contributed by atoms with E-state index in [4.69, 9.17) is 0 Å². The van der Waals surface area contributed by atoms with Crippen molar-refractivity contribution in [1.82, 2.24) is 10.6 Å². The first-order chi connectivity index (χ1) is 6.13. The molecule has 0 spiro atoms. The van der Waals surface area contributed by atoms with Gasteiger partial charge < -0.3 is 0 Å². The number of unbranched alkanes of at least 4 members (excludes halogenated alkanes) is 2. The predicted octanol–water partition coefficient (Wildman–Crippen LogP) is -0.0871. The van der Waals surface area contributed by atoms with Crippen LogP contribution in [-0.4, -0.2) is 54.7 Å². The van der Waals surface area contributed by atoms with Gasteiger partial charge in [-0.05, 0) is 0 Å². The van der Waals surface area contributed by atoms with Crippen molar-refractivity contribution in [2.24, 2.45) is 0 Å². The van der Waals surface area contributed by atoms with Crippen LogP contribution in [0.5, 0.6) is 0 Å². The Kier molecular flexibility index (Phi) is 8.56. The Labute approximate surface area is 94.2 Å². The van der Waals surface area contributed by atoms with Crippen LogP contribution in [0.3, 0.4) is 0 Å². The normalized spacial score (nSPS) is 9.23. The third kappa shape index (κ3) is 12.0. The van der Waals surface area contributed by atoms with Gasteiger partial charge in [-0.2, -0.15) is 0 Å². The van der Waals surface area contributed by atoms with Crippen molar-refractivity contribution < 1.29 is 9.59 Å². The predicted molar refractivity (Wildman–Crippen MR) is 52.2 cm³/mol. The summed E-state index contributed by atoms with van der Waals surface area (Å²) in [6.45, 7) is 1.38. The maximum atomic E-state index is 10.4. The molecule has 6 heteroatoms. The molecule has 2 radical (unpaired) electrons. The molecular weight excluding hydrogens is 302 g/mol. The summed E-state index contributed by atoms with van der Waals surface area (Å²) in [4.78, 5) is 20.6. The van der Waals surface area contributed by atoms with E-state index in [-0.39, 0.29) is 9.61 Å². The topological polar surface area (TPSA) is 58.2 Å². The van der Waals surface area contributed by atoms with E-state index in [1.165, 1.54) is 0 Å². The Balaban J connectivity index is 3.00. The number of hydrogen-bond acceptors (Lipinski definition) is 2. The molecule has 0 aromatic rings. The monoisotopic (exact) mass is 316 g/mol. The Morgan fingerprint density at radius 3 is 1.54 bits per heavy atom. The number of rotatable bonds is 6. The van der Waals surface area contributed by atoms with Crippen LogP contribution in [0, 0.1) is 0 Å². The van der Waals surface area contributed by atoms with E-state index in [0.29, 0.717) is 13.1 Å². The summed E-state index contributed by atoms with van der Waals surface area (Å²) in [6.07, 6.45) is 2.88. The number of nitrogens with one attached hydrogen (secondary N) is 2. The molecule has 0 heterocycles. The molecule has 74 valence electrons. The molecule has 0 aliphatic carbocycles. The molecule has 0 aliphatic rings. The zero-order chi connectivity index (χ0) is 10.1. The summed E-state index contributed by atoms with van der Waals surface area (Å²) in [5.41, 5.74) is 0. The second kappa shape index (κ2) is 8.57. The summed E-state index contributed by atoms with van der Waals surface area (Å²) in [7, 11) is 0. The van der Waals surface area contributed by atoms with E-state index >= 15 is 0 Å². The van der Waals surface area contributed by atoms with Crippen molar-refractivity contribution in [1.29, 1.82) is 0 Å². The van der Waals surface area contributed by atoms with Crippen molar-refractivity contribution in [2.45, 2.75) is 19.3 Å². The van der Waals surface area contributed by atoms with E-state index in [1.54, 1.807) is 0 Å². The van der Waals surface area contributed by atoms with E-state index in [9.17, 15) is 9.59 Å². The third-order valence-electron chi connectivity index (χ3n) is 1.39. The van der Waals surface area contributed by atoms with Gasteiger partial charge in [-0.1, -0.05) is 0 Å². The number of carbonyl (C=O) groups excluding carboxylic acids is 2. The fraction of sp³-hybridized carbons (Fsp3) is 0.714. The van der Waals surface area contributed by atoms with Crippen LogP contribution in [0.25, 0.3) is 0 Å². The van der Waals surface area contributed by atoms with Crippen molar-refractivity contribution in [2.75, 3.05) is 13.1 Å². The van der Waals surface area contributed by atoms with Crippen LogP contribution in [0.1, 0.15) is 19.3 Å². The molecule has 0 aliphatic heterocycles. The van der Waals surface area contributed by atoms with Gasteiger partial charge in [0.2, 0.25) is 0 Å². The molecule has 13 heavy (non-hydrogen) atoms. The average molecular weight is 314 g/mol. The van der Waals surface area contributed by atoms with Crippen LogP contribution in [0.4, 0.5) is 9.59 Å². The second-order valence-corrected chi connectivity index (χ2v) is 4.05. The quantitative estimate of drug-likeness (QED) is 0.532. The first-order valence-electron chi connectivity index (χ1n) is 4.02. The Bertz CT molecular complexity index is 158. The van der Waals surface area contributed by atoms with Gasteiger partial charge in [0.15, 0.2) is 0 Å². The molecule has 0 aromatic heterocycles. The second-order valence-electron chi connectivity index (χ2n) is 2.49. The van der Waals surface area contributed by atoms with Crippen molar-refractivity contribution >= 4 is 41.6 Å². The van der Waals surface area contributed by atoms with Gasteiger partial charge in [0.05, 0.1) is 0 Å². The molecular formula is C7H12N2O2Se2. The molecule has 4 nitrogen and oxygen atoms in total. The van der Waals surface area contributed by atoms with Crippen LogP contribution in [-0.2, 0) is 0 Å². The summed E-state index contributed by atoms with van der Waals surface area (Å²) >= 11 is 4.69. The Hall–Kier alpha value is -0.0210. The summed E-state index contributed by atoms with van der Waals surface area (Å²) in [5, 5.41) is 5.31. The zero-order valence-electron chi connectivity index (χ0n) is 7.17. The van der Waals surface area contributed by atoms with Crippen molar-refractivity contribution in [3.05, 3.63) is 0 Å². The van der Waals surface area contributed by atoms with Crippen molar-refractivity contribution in [3.63, 3.8) is 0 Å². The average Bonchev–Trinajstić information content (AvgIpc) is 2.01. The SMILES string of the molecule is O=C([Se])NCCCCCNC(=O)[Se]. The molecule has 0 saturated carbocycles. The summed E-state index contributed by atoms with van der Waals surface area (Å²) in [6, 6.07) is 0. The van der Waals surface area contributed by atoms with E-state index in [0.717, 1.165) is 19.3 Å². The van der Waals surface area contributed by atoms with Gasteiger partial charge >= 0.3 is 94.2 Å². The fourth-order valence-electron chi connectivity index (χ4n) is 0.808. The third-order valence-corrected chi connectivity index (χ3v) is 2.00. The van der Waals surface area contributed by atoms with Gasteiger partial charge in [-0.15, -0.1) is 0 Å². The summed E-state index contributed by atoms with van der Waals surface area (Å²) in [5.74, 6) is 0. The number of hydrogen-bond donors (Lipinski definition) is 2. The van der Waals surface area contributed by atoms with Crippen LogP contribution in [0.2, 0.25) is 0 Å². The van der Waals surface area contributed by atoms with Crippen LogP contribution < -0.4 is 10.6 Å². The zero-order valence-corrected chi connectivity index (χ0v) is 10.6. The van der Waals surface area contributed by atoms with Crippen molar-refractivity contribution in [3.8, 4) is 0 Å². The fourth-order valence-corrected chi connectivity index (χ4v) is 1.24.